The van der Waals surface area contributed by atoms with Crippen LogP contribution in [0.2, 0.25) is 0 Å². The average Bonchev–Trinajstić information content (AvgIpc) is 3.69. The first-order chi connectivity index (χ1) is 29.6. The molecule has 0 aliphatic heterocycles. The Morgan fingerprint density at radius 2 is 0.833 bits per heavy atom. The summed E-state index contributed by atoms with van der Waals surface area (Å²) in [4.78, 5) is 2.47. The summed E-state index contributed by atoms with van der Waals surface area (Å²) in [6.07, 6.45) is 0. The molecule has 0 saturated heterocycles. The molecule has 1 nitrogen and oxygen atoms in total. The summed E-state index contributed by atoms with van der Waals surface area (Å²) in [6.45, 7) is 4.41. The topological polar surface area (TPSA) is 3.24 Å². The molecule has 12 aromatic rings. The van der Waals surface area contributed by atoms with Gasteiger partial charge in [0.1, 0.15) is 0 Å². The maximum atomic E-state index is 2.47. The van der Waals surface area contributed by atoms with Gasteiger partial charge in [-0.25, -0.2) is 0 Å². The molecule has 0 N–H and O–H groups in total. The lowest BCUT2D eigenvalue weighted by Crippen LogP contribution is -2.11. The van der Waals surface area contributed by atoms with Crippen LogP contribution in [0.3, 0.4) is 0 Å². The number of nitrogens with zero attached hydrogens (tertiary/aromatic N) is 1. The van der Waals surface area contributed by atoms with Crippen molar-refractivity contribution < 1.29 is 0 Å². The van der Waals surface area contributed by atoms with Crippen LogP contribution in [0.5, 0.6) is 0 Å². The Bertz CT molecular complexity index is 3560. The van der Waals surface area contributed by atoms with E-state index in [2.05, 4.69) is 219 Å². The van der Waals surface area contributed by atoms with Crippen LogP contribution in [0, 0.1) is 13.8 Å². The summed E-state index contributed by atoms with van der Waals surface area (Å²) >= 11 is 1.90. The highest BCUT2D eigenvalue weighted by Gasteiger charge is 2.22. The molecule has 1 aromatic heterocycles. The first kappa shape index (κ1) is 34.8. The van der Waals surface area contributed by atoms with Crippen LogP contribution in [0.4, 0.5) is 17.1 Å². The zero-order valence-electron chi connectivity index (χ0n) is 33.4. The SMILES string of the molecule is Cc1ccc(N(c2ccc3cc(-c4c5ccccc5c(-c5cccc6c5sc5ccccc56)c5ccccc45)ccc3c2)c2ccc(C)c3ccccc23)c2ccccc12. The van der Waals surface area contributed by atoms with Gasteiger partial charge in [-0.2, -0.15) is 0 Å². The molecule has 60 heavy (non-hydrogen) atoms. The summed E-state index contributed by atoms with van der Waals surface area (Å²) in [7, 11) is 0. The van der Waals surface area contributed by atoms with Crippen molar-refractivity contribution >= 4 is 102 Å². The van der Waals surface area contributed by atoms with Crippen molar-refractivity contribution in [2.24, 2.45) is 0 Å². The van der Waals surface area contributed by atoms with E-state index in [4.69, 9.17) is 0 Å². The number of anilines is 3. The highest BCUT2D eigenvalue weighted by molar-refractivity contribution is 7.26. The van der Waals surface area contributed by atoms with Gasteiger partial charge in [-0.15, -0.1) is 11.3 Å². The molecule has 0 amide bonds. The normalized spacial score (nSPS) is 11.8. The highest BCUT2D eigenvalue weighted by Crippen LogP contribution is 2.49. The highest BCUT2D eigenvalue weighted by atomic mass is 32.1. The molecule has 11 aromatic carbocycles. The molecule has 0 spiro atoms. The van der Waals surface area contributed by atoms with E-state index in [1.54, 1.807) is 0 Å². The molecule has 0 aliphatic rings. The van der Waals surface area contributed by atoms with Gasteiger partial charge in [-0.3, -0.25) is 0 Å². The second-order valence-electron chi connectivity index (χ2n) is 16.1. The van der Waals surface area contributed by atoms with Crippen molar-refractivity contribution in [1.82, 2.24) is 0 Å². The van der Waals surface area contributed by atoms with Crippen LogP contribution in [0.1, 0.15) is 11.1 Å². The average molecular weight is 782 g/mol. The zero-order valence-corrected chi connectivity index (χ0v) is 34.2. The van der Waals surface area contributed by atoms with Crippen LogP contribution in [0.25, 0.3) is 96.3 Å². The molecule has 12 rings (SSSR count). The molecule has 0 fully saturated rings. The fourth-order valence-electron chi connectivity index (χ4n) is 9.87. The number of hydrogen-bond acceptors (Lipinski definition) is 2. The van der Waals surface area contributed by atoms with E-state index >= 15 is 0 Å². The van der Waals surface area contributed by atoms with E-state index in [1.165, 1.54) is 119 Å². The number of benzene rings is 11. The van der Waals surface area contributed by atoms with Crippen LogP contribution < -0.4 is 4.90 Å². The van der Waals surface area contributed by atoms with Crippen molar-refractivity contribution in [2.45, 2.75) is 13.8 Å². The molecule has 282 valence electrons. The van der Waals surface area contributed by atoms with Gasteiger partial charge in [-0.1, -0.05) is 164 Å². The van der Waals surface area contributed by atoms with Gasteiger partial charge in [-0.05, 0) is 121 Å². The predicted octanol–water partition coefficient (Wildman–Crippen LogP) is 17.2. The summed E-state index contributed by atoms with van der Waals surface area (Å²) in [5.41, 5.74) is 11.1. The smallest absolute Gasteiger partial charge is 0.0540 e. The molecular formula is C58H39NS. The van der Waals surface area contributed by atoms with Crippen LogP contribution in [-0.2, 0) is 0 Å². The Balaban J connectivity index is 1.06. The fourth-order valence-corrected chi connectivity index (χ4v) is 11.1. The number of hydrogen-bond donors (Lipinski definition) is 0. The molecule has 0 saturated carbocycles. The van der Waals surface area contributed by atoms with E-state index in [0.717, 1.165) is 5.69 Å². The van der Waals surface area contributed by atoms with Gasteiger partial charge < -0.3 is 4.90 Å². The monoisotopic (exact) mass is 781 g/mol. The second-order valence-corrected chi connectivity index (χ2v) is 17.1. The zero-order chi connectivity index (χ0) is 39.9. The lowest BCUT2D eigenvalue weighted by atomic mass is 9.85. The molecule has 0 aliphatic carbocycles. The van der Waals surface area contributed by atoms with E-state index in [-0.39, 0.29) is 0 Å². The molecular weight excluding hydrogens is 743 g/mol. The molecule has 0 radical (unpaired) electrons. The number of aryl methyl sites for hydroxylation is 2. The van der Waals surface area contributed by atoms with E-state index in [1.807, 2.05) is 11.3 Å². The summed E-state index contributed by atoms with van der Waals surface area (Å²) < 4.78 is 2.67. The third-order valence-corrected chi connectivity index (χ3v) is 13.9. The van der Waals surface area contributed by atoms with E-state index in [9.17, 15) is 0 Å². The molecule has 0 unspecified atom stereocenters. The summed E-state index contributed by atoms with van der Waals surface area (Å²) in [5, 5.41) is 15.2. The van der Waals surface area contributed by atoms with Gasteiger partial charge in [0.2, 0.25) is 0 Å². The van der Waals surface area contributed by atoms with E-state index in [0.29, 0.717) is 0 Å². The van der Waals surface area contributed by atoms with E-state index < -0.39 is 0 Å². The van der Waals surface area contributed by atoms with Crippen molar-refractivity contribution in [1.29, 1.82) is 0 Å². The van der Waals surface area contributed by atoms with Gasteiger partial charge >= 0.3 is 0 Å². The lowest BCUT2D eigenvalue weighted by Gasteiger charge is -2.29. The quantitative estimate of drug-likeness (QED) is 0.157. The minimum atomic E-state index is 1.13. The van der Waals surface area contributed by atoms with Gasteiger partial charge in [0.15, 0.2) is 0 Å². The third-order valence-electron chi connectivity index (χ3n) is 12.7. The standard InChI is InChI=1S/C58H39NS/c1-36-26-32-53(44-16-5-3-14-42(36)44)59(54-33-27-37(2)43-15-4-6-17-45(43)54)41-31-30-38-34-40(29-28-39(38)35-41)56-47-19-7-9-21-49(47)57(50-22-10-8-20-48(50)56)52-24-13-23-51-46-18-11-12-25-55(46)60-58(51)52/h3-35H,1-2H3. The second kappa shape index (κ2) is 13.7. The summed E-state index contributed by atoms with van der Waals surface area (Å²) in [6, 6.07) is 74.4. The largest absolute Gasteiger partial charge is 0.309 e. The van der Waals surface area contributed by atoms with Crippen LogP contribution in [0.15, 0.2) is 200 Å². The minimum Gasteiger partial charge on any atom is -0.309 e. The van der Waals surface area contributed by atoms with Crippen LogP contribution >= 0.6 is 11.3 Å². The predicted molar refractivity (Wildman–Crippen MR) is 262 cm³/mol. The first-order valence-corrected chi connectivity index (χ1v) is 21.6. The molecule has 0 bridgehead atoms. The van der Waals surface area contributed by atoms with Crippen molar-refractivity contribution in [2.75, 3.05) is 4.90 Å². The number of rotatable bonds is 5. The van der Waals surface area contributed by atoms with Gasteiger partial charge in [0, 0.05) is 42.2 Å². The minimum absolute atomic E-state index is 1.13. The first-order valence-electron chi connectivity index (χ1n) is 20.8. The number of thiophene rings is 1. The Hall–Kier alpha value is -7.26. The molecule has 2 heteroatoms. The van der Waals surface area contributed by atoms with Crippen molar-refractivity contribution in [3.8, 4) is 22.3 Å². The summed E-state index contributed by atoms with van der Waals surface area (Å²) in [5.74, 6) is 0. The van der Waals surface area contributed by atoms with Gasteiger partial charge in [0.25, 0.3) is 0 Å². The lowest BCUT2D eigenvalue weighted by molar-refractivity contribution is 1.31. The Morgan fingerprint density at radius 1 is 0.350 bits per heavy atom. The van der Waals surface area contributed by atoms with Crippen molar-refractivity contribution in [3.63, 3.8) is 0 Å². The maximum absolute atomic E-state index is 2.47. The van der Waals surface area contributed by atoms with Crippen molar-refractivity contribution in [3.05, 3.63) is 211 Å². The Labute approximate surface area is 353 Å². The third kappa shape index (κ3) is 5.31. The Kier molecular flexibility index (Phi) is 7.91. The fraction of sp³-hybridized carbons (Fsp3) is 0.0345. The van der Waals surface area contributed by atoms with Crippen LogP contribution in [-0.4, -0.2) is 0 Å². The molecule has 1 heterocycles. The Morgan fingerprint density at radius 3 is 1.45 bits per heavy atom. The van der Waals surface area contributed by atoms with Gasteiger partial charge in [0.05, 0.1) is 11.4 Å². The maximum Gasteiger partial charge on any atom is 0.0540 e. The number of fused-ring (bicyclic) bond motifs is 8. The molecule has 0 atom stereocenters.